The molecule has 0 fully saturated rings. The minimum atomic E-state index is -0.510. The molecule has 0 saturated heterocycles. The van der Waals surface area contributed by atoms with Gasteiger partial charge in [0.2, 0.25) is 0 Å². The zero-order chi connectivity index (χ0) is 22.4. The van der Waals surface area contributed by atoms with E-state index >= 15 is 0 Å². The molecule has 0 aromatic heterocycles. The van der Waals surface area contributed by atoms with Crippen LogP contribution in [0.25, 0.3) is 6.08 Å². The molecular formula is C24H28ClFO4. The molecule has 2 aromatic carbocycles. The lowest BCUT2D eigenvalue weighted by Gasteiger charge is -2.17. The number of halogens is 2. The highest BCUT2D eigenvalue weighted by molar-refractivity contribution is 6.31. The van der Waals surface area contributed by atoms with Crippen LogP contribution in [0.1, 0.15) is 54.5 Å². The number of hydrogen-bond acceptors (Lipinski definition) is 4. The number of carbonyl (C=O) groups is 1. The van der Waals surface area contributed by atoms with E-state index in [4.69, 9.17) is 21.1 Å². The van der Waals surface area contributed by atoms with E-state index in [0.717, 1.165) is 16.9 Å². The molecule has 6 heteroatoms. The third-order valence-corrected chi connectivity index (χ3v) is 5.23. The Morgan fingerprint density at radius 2 is 1.93 bits per heavy atom. The topological polar surface area (TPSA) is 44.8 Å². The molecule has 162 valence electrons. The summed E-state index contributed by atoms with van der Waals surface area (Å²) in [5.41, 5.74) is 3.77. The molecule has 0 radical (unpaired) electrons. The lowest BCUT2D eigenvalue weighted by atomic mass is 9.93. The highest BCUT2D eigenvalue weighted by atomic mass is 35.5. The summed E-state index contributed by atoms with van der Waals surface area (Å²) >= 11 is 6.50. The van der Waals surface area contributed by atoms with Crippen LogP contribution < -0.4 is 4.74 Å². The van der Waals surface area contributed by atoms with Crippen molar-refractivity contribution >= 4 is 23.6 Å². The van der Waals surface area contributed by atoms with Gasteiger partial charge in [0.05, 0.1) is 7.11 Å². The Morgan fingerprint density at radius 3 is 2.53 bits per heavy atom. The molecule has 0 saturated carbocycles. The average molecular weight is 435 g/mol. The quantitative estimate of drug-likeness (QED) is 0.288. The first kappa shape index (κ1) is 23.9. The van der Waals surface area contributed by atoms with Crippen molar-refractivity contribution in [1.29, 1.82) is 0 Å². The van der Waals surface area contributed by atoms with Gasteiger partial charge in [-0.2, -0.15) is 0 Å². The van der Waals surface area contributed by atoms with Crippen LogP contribution >= 0.6 is 11.6 Å². The van der Waals surface area contributed by atoms with Gasteiger partial charge in [-0.25, -0.2) is 9.18 Å². The smallest absolute Gasteiger partial charge is 0.333 e. The Balaban J connectivity index is 2.41. The van der Waals surface area contributed by atoms with Crippen molar-refractivity contribution < 1.29 is 23.4 Å². The summed E-state index contributed by atoms with van der Waals surface area (Å²) in [5.74, 6) is 0.105. The van der Waals surface area contributed by atoms with Crippen molar-refractivity contribution in [3.8, 4) is 5.75 Å². The fraction of sp³-hybridized carbons (Fsp3) is 0.375. The third kappa shape index (κ3) is 5.61. The molecule has 0 atom stereocenters. The summed E-state index contributed by atoms with van der Waals surface area (Å²) in [5, 5.41) is 0.448. The number of carbonyl (C=O) groups excluding carboxylic acids is 1. The molecule has 0 spiro atoms. The van der Waals surface area contributed by atoms with Crippen LogP contribution in [-0.4, -0.2) is 27.0 Å². The summed E-state index contributed by atoms with van der Waals surface area (Å²) < 4.78 is 30.3. The first-order chi connectivity index (χ1) is 14.2. The van der Waals surface area contributed by atoms with Crippen molar-refractivity contribution in [2.24, 2.45) is 0 Å². The van der Waals surface area contributed by atoms with Gasteiger partial charge < -0.3 is 14.2 Å². The average Bonchev–Trinajstić information content (AvgIpc) is 2.72. The summed E-state index contributed by atoms with van der Waals surface area (Å²) in [6.07, 6.45) is 1.93. The molecule has 0 aliphatic heterocycles. The molecule has 0 N–H and O–H groups in total. The lowest BCUT2D eigenvalue weighted by molar-refractivity contribution is -0.135. The van der Waals surface area contributed by atoms with Gasteiger partial charge in [-0.3, -0.25) is 0 Å². The van der Waals surface area contributed by atoms with Crippen LogP contribution in [0.3, 0.4) is 0 Å². The number of esters is 1. The molecule has 30 heavy (non-hydrogen) atoms. The third-order valence-electron chi connectivity index (χ3n) is 4.89. The Bertz CT molecular complexity index is 951. The number of methoxy groups -OCH3 is 2. The molecule has 0 amide bonds. The molecule has 4 nitrogen and oxygen atoms in total. The van der Waals surface area contributed by atoms with Crippen molar-refractivity contribution in [3.05, 3.63) is 68.5 Å². The molecule has 2 rings (SSSR count). The fourth-order valence-electron chi connectivity index (χ4n) is 3.21. The summed E-state index contributed by atoms with van der Waals surface area (Å²) in [7, 11) is 2.86. The van der Waals surface area contributed by atoms with Gasteiger partial charge in [-0.15, -0.1) is 0 Å². The minimum absolute atomic E-state index is 0.176. The molecule has 0 aliphatic carbocycles. The fourth-order valence-corrected chi connectivity index (χ4v) is 3.53. The Kier molecular flexibility index (Phi) is 8.44. The summed E-state index contributed by atoms with van der Waals surface area (Å²) in [6.45, 7) is 7.61. The van der Waals surface area contributed by atoms with Crippen molar-refractivity contribution in [1.82, 2.24) is 0 Å². The predicted molar refractivity (Wildman–Crippen MR) is 118 cm³/mol. The Labute approximate surface area is 182 Å². The minimum Gasteiger partial charge on any atom is -0.467 e. The van der Waals surface area contributed by atoms with Gasteiger partial charge in [-0.1, -0.05) is 37.6 Å². The Hall–Kier alpha value is -2.37. The molecular weight excluding hydrogens is 407 g/mol. The second kappa shape index (κ2) is 10.6. The van der Waals surface area contributed by atoms with E-state index in [2.05, 4.69) is 24.7 Å². The van der Waals surface area contributed by atoms with E-state index in [1.165, 1.54) is 13.2 Å². The van der Waals surface area contributed by atoms with Crippen LogP contribution in [0.5, 0.6) is 5.75 Å². The summed E-state index contributed by atoms with van der Waals surface area (Å²) in [4.78, 5) is 11.6. The second-order valence-electron chi connectivity index (χ2n) is 7.44. The Morgan fingerprint density at radius 1 is 1.23 bits per heavy atom. The molecule has 0 heterocycles. The van der Waals surface area contributed by atoms with E-state index in [1.807, 2.05) is 12.1 Å². The first-order valence-corrected chi connectivity index (χ1v) is 10.1. The van der Waals surface area contributed by atoms with Crippen LogP contribution in [0.2, 0.25) is 5.02 Å². The first-order valence-electron chi connectivity index (χ1n) is 9.68. The van der Waals surface area contributed by atoms with E-state index in [-0.39, 0.29) is 18.3 Å². The number of rotatable bonds is 8. The van der Waals surface area contributed by atoms with Crippen LogP contribution in [0.4, 0.5) is 4.39 Å². The lowest BCUT2D eigenvalue weighted by Crippen LogP contribution is -2.05. The predicted octanol–water partition coefficient (Wildman–Crippen LogP) is 6.06. The monoisotopic (exact) mass is 434 g/mol. The van der Waals surface area contributed by atoms with E-state index in [1.54, 1.807) is 27.0 Å². The van der Waals surface area contributed by atoms with Gasteiger partial charge in [0.15, 0.2) is 6.79 Å². The van der Waals surface area contributed by atoms with E-state index < -0.39 is 11.8 Å². The molecule has 0 aliphatic rings. The number of ether oxygens (including phenoxy) is 3. The van der Waals surface area contributed by atoms with Crippen molar-refractivity contribution in [2.75, 3.05) is 21.0 Å². The molecule has 2 aromatic rings. The van der Waals surface area contributed by atoms with Gasteiger partial charge >= 0.3 is 5.97 Å². The van der Waals surface area contributed by atoms with Crippen LogP contribution in [-0.2, 0) is 20.7 Å². The SMILES string of the molecule is COCOc1ccc(Cc2c(Cl)cc(/C=C(\C)C(=O)OC)c(F)c2C)cc1C(C)C. The maximum Gasteiger partial charge on any atom is 0.333 e. The van der Waals surface area contributed by atoms with Gasteiger partial charge in [0.1, 0.15) is 11.6 Å². The van der Waals surface area contributed by atoms with Gasteiger partial charge in [-0.05, 0) is 66.6 Å². The summed E-state index contributed by atoms with van der Waals surface area (Å²) in [6, 6.07) is 7.45. The maximum absolute atomic E-state index is 15.0. The largest absolute Gasteiger partial charge is 0.467 e. The van der Waals surface area contributed by atoms with Crippen LogP contribution in [0, 0.1) is 12.7 Å². The normalized spacial score (nSPS) is 11.7. The van der Waals surface area contributed by atoms with Gasteiger partial charge in [0.25, 0.3) is 0 Å². The standard InChI is InChI=1S/C24H28ClFO4/c1-14(2)19-10-17(7-8-22(19)30-13-28-5)11-20-16(4)23(26)18(12-21(20)25)9-15(3)24(27)29-6/h7-10,12,14H,11,13H2,1-6H3/b15-9+. The van der Waals surface area contributed by atoms with Crippen molar-refractivity contribution in [3.63, 3.8) is 0 Å². The number of hydrogen-bond donors (Lipinski definition) is 0. The highest BCUT2D eigenvalue weighted by Gasteiger charge is 2.16. The zero-order valence-corrected chi connectivity index (χ0v) is 19.0. The van der Waals surface area contributed by atoms with Crippen LogP contribution in [0.15, 0.2) is 29.8 Å². The van der Waals surface area contributed by atoms with Crippen molar-refractivity contribution in [2.45, 2.75) is 40.0 Å². The van der Waals surface area contributed by atoms with E-state index in [9.17, 15) is 9.18 Å². The highest BCUT2D eigenvalue weighted by Crippen LogP contribution is 2.32. The maximum atomic E-state index is 15.0. The second-order valence-corrected chi connectivity index (χ2v) is 7.85. The molecule has 0 unspecified atom stereocenters. The molecule has 0 bridgehead atoms. The zero-order valence-electron chi connectivity index (χ0n) is 18.3. The number of benzene rings is 2. The van der Waals surface area contributed by atoms with Gasteiger partial charge in [0, 0.05) is 23.3 Å². The van der Waals surface area contributed by atoms with E-state index in [0.29, 0.717) is 28.1 Å².